The predicted octanol–water partition coefficient (Wildman–Crippen LogP) is 4.39. The zero-order valence-corrected chi connectivity index (χ0v) is 14.6. The summed E-state index contributed by atoms with van der Waals surface area (Å²) in [6.07, 6.45) is 11.0. The van der Waals surface area contributed by atoms with E-state index in [9.17, 15) is 4.79 Å². The molecular weight excluding hydrogens is 306 g/mol. The first-order valence-corrected chi connectivity index (χ1v) is 9.00. The number of hydrogen-bond acceptors (Lipinski definition) is 3. The highest BCUT2D eigenvalue weighted by Crippen LogP contribution is 2.36. The Labute approximate surface area is 144 Å². The molecule has 134 valence electrons. The number of benzene rings is 1. The topological polar surface area (TPSA) is 67.8 Å². The number of nitrogens with one attached hydrogen (secondary N) is 1. The van der Waals surface area contributed by atoms with Crippen molar-refractivity contribution in [3.8, 4) is 11.5 Å². The number of rotatable bonds is 3. The first-order valence-electron chi connectivity index (χ1n) is 9.00. The van der Waals surface area contributed by atoms with Crippen molar-refractivity contribution in [3.05, 3.63) is 23.8 Å². The van der Waals surface area contributed by atoms with Gasteiger partial charge in [-0.1, -0.05) is 57.1 Å². The molecular formula is C19H29NO4. The third-order valence-corrected chi connectivity index (χ3v) is 4.53. The third-order valence-electron chi connectivity index (χ3n) is 4.53. The molecule has 0 radical (unpaired) electrons. The van der Waals surface area contributed by atoms with Crippen molar-refractivity contribution >= 4 is 6.09 Å². The summed E-state index contributed by atoms with van der Waals surface area (Å²) in [5.74, 6) is 1.43. The van der Waals surface area contributed by atoms with E-state index >= 15 is 0 Å². The second-order valence-corrected chi connectivity index (χ2v) is 6.39. The minimum absolute atomic E-state index is 0.130. The van der Waals surface area contributed by atoms with Gasteiger partial charge in [-0.15, -0.1) is 0 Å². The monoisotopic (exact) mass is 335 g/mol. The molecule has 3 rings (SSSR count). The van der Waals surface area contributed by atoms with Crippen LogP contribution in [0.25, 0.3) is 0 Å². The molecule has 0 bridgehead atoms. The molecule has 5 heteroatoms. The number of amides is 1. The Bertz CT molecular complexity index is 484. The van der Waals surface area contributed by atoms with Gasteiger partial charge in [-0.3, -0.25) is 0 Å². The molecule has 0 saturated heterocycles. The molecule has 1 aliphatic carbocycles. The first kappa shape index (κ1) is 18.4. The Hall–Kier alpha value is -1.91. The fourth-order valence-corrected chi connectivity index (χ4v) is 3.18. The molecule has 1 amide bonds. The van der Waals surface area contributed by atoms with E-state index in [1.165, 1.54) is 44.9 Å². The van der Waals surface area contributed by atoms with Crippen LogP contribution in [0.2, 0.25) is 0 Å². The summed E-state index contributed by atoms with van der Waals surface area (Å²) >= 11 is 0. The van der Waals surface area contributed by atoms with Gasteiger partial charge in [0.15, 0.2) is 11.5 Å². The van der Waals surface area contributed by atoms with Crippen molar-refractivity contribution in [3.63, 3.8) is 0 Å². The van der Waals surface area contributed by atoms with Crippen molar-refractivity contribution < 1.29 is 19.4 Å². The van der Waals surface area contributed by atoms with Gasteiger partial charge >= 0.3 is 6.09 Å². The maximum Gasteiger partial charge on any atom is 0.404 e. The number of hydrogen-bond donors (Lipinski definition) is 2. The maximum atomic E-state index is 10.4. The number of ether oxygens (including phenoxy) is 2. The van der Waals surface area contributed by atoms with Crippen molar-refractivity contribution in [2.24, 2.45) is 0 Å². The van der Waals surface area contributed by atoms with Gasteiger partial charge in [0.1, 0.15) is 6.10 Å². The molecule has 1 saturated carbocycles. The summed E-state index contributed by atoms with van der Waals surface area (Å²) in [6.45, 7) is 0.298. The molecule has 2 N–H and O–H groups in total. The van der Waals surface area contributed by atoms with Crippen LogP contribution in [-0.2, 0) is 6.42 Å². The second kappa shape index (κ2) is 10.1. The summed E-state index contributed by atoms with van der Waals surface area (Å²) in [5.41, 5.74) is 1.11. The van der Waals surface area contributed by atoms with E-state index in [1.54, 1.807) is 7.11 Å². The van der Waals surface area contributed by atoms with Gasteiger partial charge in [0.2, 0.25) is 0 Å². The van der Waals surface area contributed by atoms with Crippen LogP contribution in [0.3, 0.4) is 0 Å². The summed E-state index contributed by atoms with van der Waals surface area (Å²) in [7, 11) is 1.60. The SMILES string of the molecule is C1CCCCCC1.COc1cccc2c1OC(CNC(=O)O)CC2. The maximum absolute atomic E-state index is 10.4. The Balaban J connectivity index is 0.000000249. The molecule has 2 aliphatic rings. The Morgan fingerprint density at radius 2 is 1.83 bits per heavy atom. The van der Waals surface area contributed by atoms with Gasteiger partial charge in [0.05, 0.1) is 13.7 Å². The number of methoxy groups -OCH3 is 1. The van der Waals surface area contributed by atoms with E-state index in [1.807, 2.05) is 18.2 Å². The smallest absolute Gasteiger partial charge is 0.404 e. The number of fused-ring (bicyclic) bond motifs is 1. The molecule has 0 aromatic heterocycles. The van der Waals surface area contributed by atoms with Crippen LogP contribution < -0.4 is 14.8 Å². The lowest BCUT2D eigenvalue weighted by molar-refractivity contribution is 0.153. The van der Waals surface area contributed by atoms with Crippen molar-refractivity contribution in [2.75, 3.05) is 13.7 Å². The molecule has 1 atom stereocenters. The highest BCUT2D eigenvalue weighted by molar-refractivity contribution is 5.64. The van der Waals surface area contributed by atoms with Gasteiger partial charge in [0, 0.05) is 0 Å². The lowest BCUT2D eigenvalue weighted by atomic mass is 10.0. The average Bonchev–Trinajstić information content (AvgIpc) is 2.92. The van der Waals surface area contributed by atoms with E-state index in [4.69, 9.17) is 14.6 Å². The van der Waals surface area contributed by atoms with Crippen LogP contribution in [0, 0.1) is 0 Å². The lowest BCUT2D eigenvalue weighted by Gasteiger charge is -2.27. The molecule has 1 unspecified atom stereocenters. The molecule has 5 nitrogen and oxygen atoms in total. The number of para-hydroxylation sites is 1. The zero-order valence-electron chi connectivity index (χ0n) is 14.6. The van der Waals surface area contributed by atoms with Gasteiger partial charge < -0.3 is 19.9 Å². The van der Waals surface area contributed by atoms with E-state index in [0.29, 0.717) is 12.3 Å². The van der Waals surface area contributed by atoms with E-state index in [0.717, 1.165) is 24.2 Å². The van der Waals surface area contributed by atoms with E-state index in [-0.39, 0.29) is 6.10 Å². The fourth-order valence-electron chi connectivity index (χ4n) is 3.18. The minimum atomic E-state index is -1.03. The Morgan fingerprint density at radius 1 is 1.21 bits per heavy atom. The second-order valence-electron chi connectivity index (χ2n) is 6.39. The van der Waals surface area contributed by atoms with E-state index in [2.05, 4.69) is 5.32 Å². The minimum Gasteiger partial charge on any atom is -0.493 e. The average molecular weight is 335 g/mol. The van der Waals surface area contributed by atoms with Crippen molar-refractivity contribution in [2.45, 2.75) is 63.9 Å². The highest BCUT2D eigenvalue weighted by atomic mass is 16.5. The van der Waals surface area contributed by atoms with Crippen LogP contribution in [0.4, 0.5) is 4.79 Å². The number of carboxylic acid groups (broad SMARTS) is 1. The summed E-state index contributed by atoms with van der Waals surface area (Å²) < 4.78 is 11.0. The van der Waals surface area contributed by atoms with Crippen LogP contribution in [0.15, 0.2) is 18.2 Å². The number of aryl methyl sites for hydroxylation is 1. The number of carbonyl (C=O) groups is 1. The van der Waals surface area contributed by atoms with Crippen LogP contribution in [-0.4, -0.2) is 31.0 Å². The highest BCUT2D eigenvalue weighted by Gasteiger charge is 2.22. The molecule has 1 fully saturated rings. The van der Waals surface area contributed by atoms with Crippen molar-refractivity contribution in [1.29, 1.82) is 0 Å². The standard InChI is InChI=1S/C12H15NO4.C7H14/c1-16-10-4-2-3-8-5-6-9(17-11(8)10)7-13-12(14)15;1-2-4-6-7-5-3-1/h2-4,9,13H,5-7H2,1H3,(H,14,15);1-7H2. The third kappa shape index (κ3) is 5.95. The molecule has 0 spiro atoms. The van der Waals surface area contributed by atoms with Gasteiger partial charge in [-0.25, -0.2) is 4.79 Å². The largest absolute Gasteiger partial charge is 0.493 e. The van der Waals surface area contributed by atoms with E-state index < -0.39 is 6.09 Å². The van der Waals surface area contributed by atoms with Crippen LogP contribution in [0.5, 0.6) is 11.5 Å². The fraction of sp³-hybridized carbons (Fsp3) is 0.632. The lowest BCUT2D eigenvalue weighted by Crippen LogP contribution is -2.36. The van der Waals surface area contributed by atoms with Gasteiger partial charge in [-0.2, -0.15) is 0 Å². The first-order chi connectivity index (χ1) is 11.7. The molecule has 1 heterocycles. The molecule has 1 aromatic rings. The molecule has 24 heavy (non-hydrogen) atoms. The quantitative estimate of drug-likeness (QED) is 0.804. The van der Waals surface area contributed by atoms with Crippen LogP contribution >= 0.6 is 0 Å². The zero-order chi connectivity index (χ0) is 17.2. The molecule has 1 aliphatic heterocycles. The van der Waals surface area contributed by atoms with Gasteiger partial charge in [-0.05, 0) is 24.5 Å². The van der Waals surface area contributed by atoms with Gasteiger partial charge in [0.25, 0.3) is 0 Å². The van der Waals surface area contributed by atoms with Crippen molar-refractivity contribution in [1.82, 2.24) is 5.32 Å². The predicted molar refractivity (Wildman–Crippen MR) is 94.1 cm³/mol. The Kier molecular flexibility index (Phi) is 7.72. The van der Waals surface area contributed by atoms with Crippen LogP contribution in [0.1, 0.15) is 56.9 Å². The molecule has 1 aromatic carbocycles. The summed E-state index contributed by atoms with van der Waals surface area (Å²) in [4.78, 5) is 10.4. The summed E-state index contributed by atoms with van der Waals surface area (Å²) in [6, 6.07) is 5.77. The summed E-state index contributed by atoms with van der Waals surface area (Å²) in [5, 5.41) is 10.9. The normalized spacial score (nSPS) is 19.6. The Morgan fingerprint density at radius 3 is 2.38 bits per heavy atom.